The fourth-order valence-corrected chi connectivity index (χ4v) is 3.12. The molecule has 0 aliphatic carbocycles. The van der Waals surface area contributed by atoms with Gasteiger partial charge in [0.05, 0.1) is 25.4 Å². The van der Waals surface area contributed by atoms with Gasteiger partial charge in [0.2, 0.25) is 0 Å². The van der Waals surface area contributed by atoms with Crippen LogP contribution < -0.4 is 16.4 Å². The van der Waals surface area contributed by atoms with Crippen LogP contribution in [0.2, 0.25) is 0 Å². The molecule has 2 aromatic rings. The number of carbonyl (C=O) groups excluding carboxylic acids is 1. The summed E-state index contributed by atoms with van der Waals surface area (Å²) in [7, 11) is 0. The van der Waals surface area contributed by atoms with E-state index in [1.807, 2.05) is 13.8 Å². The first-order valence-electron chi connectivity index (χ1n) is 10.7. The third kappa shape index (κ3) is 7.08. The van der Waals surface area contributed by atoms with E-state index < -0.39 is 0 Å². The zero-order valence-electron chi connectivity index (χ0n) is 18.3. The lowest BCUT2D eigenvalue weighted by Gasteiger charge is -2.26. The summed E-state index contributed by atoms with van der Waals surface area (Å²) in [5.74, 6) is 1.09. The monoisotopic (exact) mass is 428 g/mol. The average Bonchev–Trinajstić information content (AvgIpc) is 2.78. The van der Waals surface area contributed by atoms with E-state index in [1.54, 1.807) is 24.3 Å². The van der Waals surface area contributed by atoms with E-state index in [2.05, 4.69) is 25.5 Å². The highest BCUT2D eigenvalue weighted by Gasteiger charge is 2.12. The number of nitrogens with zero attached hydrogens (tertiary/aromatic N) is 3. The van der Waals surface area contributed by atoms with Crippen molar-refractivity contribution in [2.24, 2.45) is 5.92 Å². The van der Waals surface area contributed by atoms with Crippen LogP contribution in [-0.2, 0) is 9.47 Å². The fourth-order valence-electron chi connectivity index (χ4n) is 3.12. The number of esters is 1. The van der Waals surface area contributed by atoms with Crippen LogP contribution in [0.1, 0.15) is 30.6 Å². The van der Waals surface area contributed by atoms with Gasteiger partial charge in [-0.25, -0.2) is 14.8 Å². The number of rotatable bonds is 10. The largest absolute Gasteiger partial charge is 0.462 e. The van der Waals surface area contributed by atoms with Crippen molar-refractivity contribution in [3.05, 3.63) is 36.2 Å². The van der Waals surface area contributed by atoms with Crippen LogP contribution in [-0.4, -0.2) is 66.8 Å². The molecule has 1 fully saturated rings. The number of nitrogens with one attached hydrogen (secondary N) is 2. The second kappa shape index (κ2) is 11.5. The normalized spacial score (nSPS) is 14.4. The maximum Gasteiger partial charge on any atom is 0.338 e. The molecule has 0 atom stereocenters. The molecule has 1 aromatic heterocycles. The fraction of sp³-hybridized carbons (Fsp3) is 0.500. The molecule has 0 amide bonds. The van der Waals surface area contributed by atoms with Gasteiger partial charge < -0.3 is 25.8 Å². The van der Waals surface area contributed by atoms with Crippen LogP contribution in [0.4, 0.5) is 23.0 Å². The molecule has 1 aliphatic heterocycles. The van der Waals surface area contributed by atoms with Crippen molar-refractivity contribution in [1.82, 2.24) is 14.9 Å². The number of nitrogen functional groups attached to an aromatic ring is 1. The summed E-state index contributed by atoms with van der Waals surface area (Å²) in [6.45, 7) is 9.76. The van der Waals surface area contributed by atoms with Crippen LogP contribution in [0.3, 0.4) is 0 Å². The second-order valence-corrected chi connectivity index (χ2v) is 7.91. The van der Waals surface area contributed by atoms with E-state index in [0.717, 1.165) is 51.5 Å². The summed E-state index contributed by atoms with van der Waals surface area (Å²) in [5.41, 5.74) is 7.98. The summed E-state index contributed by atoms with van der Waals surface area (Å²) in [5, 5.41) is 6.47. The Bertz CT molecular complexity index is 838. The SMILES string of the molecule is CC(C)COC(=O)c1ccc(Nc2ncnc(NCCCN3CCOCC3)c2N)cc1. The molecule has 0 unspecified atom stereocenters. The lowest BCUT2D eigenvalue weighted by atomic mass is 10.2. The van der Waals surface area contributed by atoms with Crippen LogP contribution >= 0.6 is 0 Å². The van der Waals surface area contributed by atoms with Crippen LogP contribution in [0, 0.1) is 5.92 Å². The van der Waals surface area contributed by atoms with Gasteiger partial charge >= 0.3 is 5.97 Å². The highest BCUT2D eigenvalue weighted by Crippen LogP contribution is 2.26. The Morgan fingerprint density at radius 1 is 1.19 bits per heavy atom. The van der Waals surface area contributed by atoms with E-state index in [1.165, 1.54) is 6.33 Å². The number of hydrogen-bond donors (Lipinski definition) is 3. The molecule has 31 heavy (non-hydrogen) atoms. The van der Waals surface area contributed by atoms with Crippen molar-refractivity contribution >= 4 is 29.0 Å². The summed E-state index contributed by atoms with van der Waals surface area (Å²) < 4.78 is 10.6. The first-order valence-corrected chi connectivity index (χ1v) is 10.7. The summed E-state index contributed by atoms with van der Waals surface area (Å²) >= 11 is 0. The first-order chi connectivity index (χ1) is 15.0. The van der Waals surface area contributed by atoms with Gasteiger partial charge in [0.25, 0.3) is 0 Å². The van der Waals surface area contributed by atoms with Gasteiger partial charge in [-0.05, 0) is 43.1 Å². The predicted molar refractivity (Wildman–Crippen MR) is 122 cm³/mol. The summed E-state index contributed by atoms with van der Waals surface area (Å²) in [4.78, 5) is 22.9. The zero-order valence-corrected chi connectivity index (χ0v) is 18.3. The van der Waals surface area contributed by atoms with E-state index in [9.17, 15) is 4.79 Å². The van der Waals surface area contributed by atoms with Crippen molar-refractivity contribution in [1.29, 1.82) is 0 Å². The molecule has 2 heterocycles. The topological polar surface area (TPSA) is 115 Å². The van der Waals surface area contributed by atoms with Gasteiger partial charge in [-0.3, -0.25) is 4.90 Å². The standard InChI is InChI=1S/C22H32N6O3/c1-16(2)14-31-22(29)17-4-6-18(7-5-17)27-21-19(23)20(25-15-26-21)24-8-3-9-28-10-12-30-13-11-28/h4-7,15-16H,3,8-14,23H2,1-2H3,(H2,24,25,26,27). The molecule has 0 saturated carbocycles. The quantitative estimate of drug-likeness (QED) is 0.388. The Labute approximate surface area is 183 Å². The molecule has 0 bridgehead atoms. The number of aromatic nitrogens is 2. The molecule has 0 spiro atoms. The zero-order chi connectivity index (χ0) is 22.1. The number of benzene rings is 1. The lowest BCUT2D eigenvalue weighted by Crippen LogP contribution is -2.37. The molecule has 0 radical (unpaired) electrons. The van der Waals surface area contributed by atoms with Crippen LogP contribution in [0.5, 0.6) is 0 Å². The molecule has 1 aromatic carbocycles. The number of anilines is 4. The molecule has 4 N–H and O–H groups in total. The molecule has 1 saturated heterocycles. The van der Waals surface area contributed by atoms with Gasteiger partial charge in [0, 0.05) is 25.3 Å². The Balaban J connectivity index is 1.51. The second-order valence-electron chi connectivity index (χ2n) is 7.91. The third-order valence-corrected chi connectivity index (χ3v) is 4.86. The molecular formula is C22H32N6O3. The van der Waals surface area contributed by atoms with Gasteiger partial charge in [-0.15, -0.1) is 0 Å². The van der Waals surface area contributed by atoms with Gasteiger partial charge in [-0.1, -0.05) is 13.8 Å². The van der Waals surface area contributed by atoms with Crippen LogP contribution in [0.25, 0.3) is 0 Å². The summed E-state index contributed by atoms with van der Waals surface area (Å²) in [6.07, 6.45) is 2.46. The highest BCUT2D eigenvalue weighted by atomic mass is 16.5. The maximum atomic E-state index is 12.0. The number of ether oxygens (including phenoxy) is 2. The molecule has 3 rings (SSSR count). The minimum absolute atomic E-state index is 0.299. The third-order valence-electron chi connectivity index (χ3n) is 4.86. The Morgan fingerprint density at radius 2 is 1.90 bits per heavy atom. The van der Waals surface area contributed by atoms with Crippen molar-refractivity contribution in [3.8, 4) is 0 Å². The first kappa shape index (κ1) is 22.8. The molecular weight excluding hydrogens is 396 g/mol. The Hall–Kier alpha value is -2.91. The molecule has 168 valence electrons. The van der Waals surface area contributed by atoms with Crippen molar-refractivity contribution in [3.63, 3.8) is 0 Å². The lowest BCUT2D eigenvalue weighted by molar-refractivity contribution is 0.0378. The Kier molecular flexibility index (Phi) is 8.43. The van der Waals surface area contributed by atoms with E-state index in [0.29, 0.717) is 35.4 Å². The minimum Gasteiger partial charge on any atom is -0.462 e. The maximum absolute atomic E-state index is 12.0. The van der Waals surface area contributed by atoms with E-state index in [4.69, 9.17) is 15.2 Å². The van der Waals surface area contributed by atoms with Gasteiger partial charge in [-0.2, -0.15) is 0 Å². The average molecular weight is 429 g/mol. The number of carbonyl (C=O) groups is 1. The Morgan fingerprint density at radius 3 is 2.61 bits per heavy atom. The molecule has 1 aliphatic rings. The molecule has 9 nitrogen and oxygen atoms in total. The van der Waals surface area contributed by atoms with Gasteiger partial charge in [0.15, 0.2) is 11.6 Å². The number of morpholine rings is 1. The smallest absolute Gasteiger partial charge is 0.338 e. The highest BCUT2D eigenvalue weighted by molar-refractivity contribution is 5.90. The number of nitrogens with two attached hydrogens (primary N) is 1. The van der Waals surface area contributed by atoms with Crippen molar-refractivity contribution in [2.45, 2.75) is 20.3 Å². The summed E-state index contributed by atoms with van der Waals surface area (Å²) in [6, 6.07) is 7.02. The van der Waals surface area contributed by atoms with E-state index in [-0.39, 0.29) is 5.97 Å². The van der Waals surface area contributed by atoms with Crippen molar-refractivity contribution < 1.29 is 14.3 Å². The van der Waals surface area contributed by atoms with E-state index >= 15 is 0 Å². The predicted octanol–water partition coefficient (Wildman–Crippen LogP) is 2.75. The molecule has 9 heteroatoms. The minimum atomic E-state index is -0.328. The number of hydrogen-bond acceptors (Lipinski definition) is 9. The van der Waals surface area contributed by atoms with Gasteiger partial charge in [0.1, 0.15) is 12.0 Å². The van der Waals surface area contributed by atoms with Crippen LogP contribution in [0.15, 0.2) is 30.6 Å². The van der Waals surface area contributed by atoms with Crippen molar-refractivity contribution in [2.75, 3.05) is 62.4 Å².